The fourth-order valence-electron chi connectivity index (χ4n) is 1.71. The van der Waals surface area contributed by atoms with Crippen molar-refractivity contribution in [3.8, 4) is 11.5 Å². The second-order valence-corrected chi connectivity index (χ2v) is 4.40. The van der Waals surface area contributed by atoms with E-state index in [2.05, 4.69) is 10.9 Å². The predicted molar refractivity (Wildman–Crippen MR) is 69.8 cm³/mol. The molecule has 5 nitrogen and oxygen atoms in total. The van der Waals surface area contributed by atoms with Crippen LogP contribution >= 0.6 is 0 Å². The molecular weight excluding hydrogens is 232 g/mol. The van der Waals surface area contributed by atoms with E-state index >= 15 is 0 Å². The Balaban J connectivity index is 3.18. The van der Waals surface area contributed by atoms with Gasteiger partial charge in [0.1, 0.15) is 11.5 Å². The van der Waals surface area contributed by atoms with Gasteiger partial charge in [-0.05, 0) is 19.9 Å². The van der Waals surface area contributed by atoms with E-state index in [0.717, 1.165) is 5.56 Å². The Bertz CT molecular complexity index is 430. The molecule has 0 heterocycles. The van der Waals surface area contributed by atoms with Crippen LogP contribution in [0.4, 0.5) is 0 Å². The second kappa shape index (κ2) is 5.73. The Kier molecular flexibility index (Phi) is 4.55. The average molecular weight is 252 g/mol. The second-order valence-electron chi connectivity index (χ2n) is 4.40. The van der Waals surface area contributed by atoms with Crippen LogP contribution in [0.1, 0.15) is 19.4 Å². The minimum atomic E-state index is -0.708. The van der Waals surface area contributed by atoms with Gasteiger partial charge in [0.25, 0.3) is 0 Å². The third-order valence-electron chi connectivity index (χ3n) is 2.89. The number of hydrazine groups is 1. The lowest BCUT2D eigenvalue weighted by Gasteiger charge is -2.26. The van der Waals surface area contributed by atoms with Gasteiger partial charge in [0.15, 0.2) is 0 Å². The highest BCUT2D eigenvalue weighted by molar-refractivity contribution is 5.87. The Labute approximate surface area is 107 Å². The first kappa shape index (κ1) is 14.3. The van der Waals surface area contributed by atoms with Crippen molar-refractivity contribution in [2.75, 3.05) is 21.3 Å². The van der Waals surface area contributed by atoms with Crippen molar-refractivity contribution in [3.63, 3.8) is 0 Å². The number of rotatable bonds is 5. The number of hydrogen-bond donors (Lipinski definition) is 2. The van der Waals surface area contributed by atoms with Crippen molar-refractivity contribution in [3.05, 3.63) is 23.8 Å². The number of hydrogen-bond acceptors (Lipinski definition) is 4. The SMILES string of the molecule is CNNC(=O)C(C)(C)c1ccc(OC)cc1OC. The maximum absolute atomic E-state index is 12.0. The fraction of sp³-hybridized carbons (Fsp3) is 0.462. The molecular formula is C13H20N2O3. The molecule has 0 aliphatic carbocycles. The standard InChI is InChI=1S/C13H20N2O3/c1-13(2,12(16)15-14-3)10-7-6-9(17-4)8-11(10)18-5/h6-8,14H,1-5H3,(H,15,16). The molecule has 0 aliphatic heterocycles. The van der Waals surface area contributed by atoms with Gasteiger partial charge >= 0.3 is 0 Å². The molecule has 1 amide bonds. The summed E-state index contributed by atoms with van der Waals surface area (Å²) in [5, 5.41) is 0. The Hall–Kier alpha value is -1.75. The summed E-state index contributed by atoms with van der Waals surface area (Å²) in [4.78, 5) is 12.0. The number of carbonyl (C=O) groups is 1. The van der Waals surface area contributed by atoms with E-state index in [4.69, 9.17) is 9.47 Å². The average Bonchev–Trinajstić information content (AvgIpc) is 2.38. The molecule has 5 heteroatoms. The first-order valence-corrected chi connectivity index (χ1v) is 5.67. The number of nitrogens with one attached hydrogen (secondary N) is 2. The molecule has 0 aliphatic rings. The number of amides is 1. The maximum Gasteiger partial charge on any atom is 0.244 e. The number of benzene rings is 1. The van der Waals surface area contributed by atoms with Gasteiger partial charge in [-0.25, -0.2) is 5.43 Å². The van der Waals surface area contributed by atoms with E-state index in [-0.39, 0.29) is 5.91 Å². The molecule has 1 aromatic carbocycles. The topological polar surface area (TPSA) is 59.6 Å². The van der Waals surface area contributed by atoms with Crippen molar-refractivity contribution in [2.45, 2.75) is 19.3 Å². The van der Waals surface area contributed by atoms with Crippen molar-refractivity contribution >= 4 is 5.91 Å². The molecule has 0 fully saturated rings. The van der Waals surface area contributed by atoms with Gasteiger partial charge in [0.2, 0.25) is 5.91 Å². The van der Waals surface area contributed by atoms with Crippen LogP contribution in [-0.2, 0) is 10.2 Å². The summed E-state index contributed by atoms with van der Waals surface area (Å²) >= 11 is 0. The molecule has 0 saturated heterocycles. The quantitative estimate of drug-likeness (QED) is 0.774. The monoisotopic (exact) mass is 252 g/mol. The van der Waals surface area contributed by atoms with E-state index < -0.39 is 5.41 Å². The highest BCUT2D eigenvalue weighted by atomic mass is 16.5. The van der Waals surface area contributed by atoms with E-state index in [1.165, 1.54) is 0 Å². The van der Waals surface area contributed by atoms with Crippen molar-refractivity contribution in [1.82, 2.24) is 10.9 Å². The molecule has 0 radical (unpaired) electrons. The highest BCUT2D eigenvalue weighted by Crippen LogP contribution is 2.34. The first-order valence-electron chi connectivity index (χ1n) is 5.67. The van der Waals surface area contributed by atoms with E-state index in [0.29, 0.717) is 11.5 Å². The van der Waals surface area contributed by atoms with E-state index in [9.17, 15) is 4.79 Å². The van der Waals surface area contributed by atoms with Gasteiger partial charge in [-0.15, -0.1) is 0 Å². The molecule has 2 N–H and O–H groups in total. The summed E-state index contributed by atoms with van der Waals surface area (Å²) in [6, 6.07) is 5.42. The molecule has 0 aromatic heterocycles. The zero-order valence-electron chi connectivity index (χ0n) is 11.5. The normalized spacial score (nSPS) is 10.9. The lowest BCUT2D eigenvalue weighted by molar-refractivity contribution is -0.126. The van der Waals surface area contributed by atoms with Gasteiger partial charge < -0.3 is 9.47 Å². The minimum Gasteiger partial charge on any atom is -0.497 e. The third kappa shape index (κ3) is 2.73. The molecule has 0 atom stereocenters. The molecule has 0 unspecified atom stereocenters. The van der Waals surface area contributed by atoms with Gasteiger partial charge in [-0.3, -0.25) is 10.2 Å². The summed E-state index contributed by atoms with van der Waals surface area (Å²) in [6.45, 7) is 3.67. The Morgan fingerprint density at radius 3 is 2.39 bits per heavy atom. The van der Waals surface area contributed by atoms with Gasteiger partial charge in [0.05, 0.1) is 19.6 Å². The highest BCUT2D eigenvalue weighted by Gasteiger charge is 2.32. The Morgan fingerprint density at radius 1 is 1.22 bits per heavy atom. The largest absolute Gasteiger partial charge is 0.497 e. The summed E-state index contributed by atoms with van der Waals surface area (Å²) in [7, 11) is 4.82. The van der Waals surface area contributed by atoms with Crippen LogP contribution in [0.5, 0.6) is 11.5 Å². The van der Waals surface area contributed by atoms with Crippen LogP contribution in [0.2, 0.25) is 0 Å². The van der Waals surface area contributed by atoms with Crippen LogP contribution in [0.15, 0.2) is 18.2 Å². The summed E-state index contributed by atoms with van der Waals surface area (Å²) in [5.41, 5.74) is 5.32. The molecule has 1 aromatic rings. The fourth-order valence-corrected chi connectivity index (χ4v) is 1.71. The van der Waals surface area contributed by atoms with E-state index in [1.54, 1.807) is 27.3 Å². The smallest absolute Gasteiger partial charge is 0.244 e. The summed E-state index contributed by atoms with van der Waals surface area (Å²) in [6.07, 6.45) is 0. The van der Waals surface area contributed by atoms with Crippen LogP contribution in [-0.4, -0.2) is 27.2 Å². The van der Waals surface area contributed by atoms with E-state index in [1.807, 2.05) is 26.0 Å². The minimum absolute atomic E-state index is 0.131. The summed E-state index contributed by atoms with van der Waals surface area (Å²) in [5.74, 6) is 1.19. The number of carbonyl (C=O) groups excluding carboxylic acids is 1. The number of methoxy groups -OCH3 is 2. The van der Waals surface area contributed by atoms with Crippen molar-refractivity contribution < 1.29 is 14.3 Å². The molecule has 18 heavy (non-hydrogen) atoms. The van der Waals surface area contributed by atoms with Crippen LogP contribution in [0.3, 0.4) is 0 Å². The molecule has 100 valence electrons. The lowest BCUT2D eigenvalue weighted by atomic mass is 9.83. The molecule has 1 rings (SSSR count). The summed E-state index contributed by atoms with van der Waals surface area (Å²) < 4.78 is 10.5. The lowest BCUT2D eigenvalue weighted by Crippen LogP contribution is -2.45. The van der Waals surface area contributed by atoms with Gasteiger partial charge in [0, 0.05) is 18.7 Å². The zero-order valence-corrected chi connectivity index (χ0v) is 11.5. The third-order valence-corrected chi connectivity index (χ3v) is 2.89. The van der Waals surface area contributed by atoms with Crippen LogP contribution < -0.4 is 20.3 Å². The van der Waals surface area contributed by atoms with Crippen LogP contribution in [0, 0.1) is 0 Å². The number of ether oxygens (including phenoxy) is 2. The van der Waals surface area contributed by atoms with Gasteiger partial charge in [-0.2, -0.15) is 0 Å². The molecule has 0 bridgehead atoms. The molecule has 0 saturated carbocycles. The zero-order chi connectivity index (χ0) is 13.8. The first-order chi connectivity index (χ1) is 8.47. The van der Waals surface area contributed by atoms with Gasteiger partial charge in [-0.1, -0.05) is 6.07 Å². The predicted octanol–water partition coefficient (Wildman–Crippen LogP) is 1.23. The molecule has 0 spiro atoms. The van der Waals surface area contributed by atoms with Crippen molar-refractivity contribution in [2.24, 2.45) is 0 Å². The van der Waals surface area contributed by atoms with Crippen LogP contribution in [0.25, 0.3) is 0 Å². The maximum atomic E-state index is 12.0. The Morgan fingerprint density at radius 2 is 1.89 bits per heavy atom. The van der Waals surface area contributed by atoms with Crippen molar-refractivity contribution in [1.29, 1.82) is 0 Å².